The van der Waals surface area contributed by atoms with E-state index in [1.54, 1.807) is 0 Å². The summed E-state index contributed by atoms with van der Waals surface area (Å²) in [6.07, 6.45) is 7.04. The molecule has 1 aliphatic rings. The van der Waals surface area contributed by atoms with E-state index < -0.39 is 0 Å². The van der Waals surface area contributed by atoms with Crippen molar-refractivity contribution in [3.63, 3.8) is 0 Å². The molecule has 0 aromatic rings. The van der Waals surface area contributed by atoms with Gasteiger partial charge in [0.1, 0.15) is 0 Å². The zero-order valence-electron chi connectivity index (χ0n) is 9.72. The Morgan fingerprint density at radius 2 is 1.93 bits per heavy atom. The molecular weight excluding hydrogens is 174 g/mol. The molecule has 2 heteroatoms. The Hall–Kier alpha value is -0.0800. The lowest BCUT2D eigenvalue weighted by molar-refractivity contribution is 0.0861. The highest BCUT2D eigenvalue weighted by atomic mass is 16.5. The summed E-state index contributed by atoms with van der Waals surface area (Å²) in [5.74, 6) is 0.850. The predicted molar refractivity (Wildman–Crippen MR) is 60.5 cm³/mol. The molecule has 0 amide bonds. The highest BCUT2D eigenvalue weighted by molar-refractivity contribution is 4.64. The molecule has 1 saturated carbocycles. The van der Waals surface area contributed by atoms with Crippen LogP contribution in [0.1, 0.15) is 46.0 Å². The van der Waals surface area contributed by atoms with Gasteiger partial charge in [-0.1, -0.05) is 33.1 Å². The van der Waals surface area contributed by atoms with Gasteiger partial charge in [0.15, 0.2) is 0 Å². The van der Waals surface area contributed by atoms with Crippen LogP contribution in [0.4, 0.5) is 0 Å². The Kier molecular flexibility index (Phi) is 6.20. The Balaban J connectivity index is 1.87. The summed E-state index contributed by atoms with van der Waals surface area (Å²) >= 11 is 0. The van der Waals surface area contributed by atoms with Crippen LogP contribution in [0.3, 0.4) is 0 Å². The summed E-state index contributed by atoms with van der Waals surface area (Å²) in [6.45, 7) is 7.18. The highest BCUT2D eigenvalue weighted by Crippen LogP contribution is 2.23. The van der Waals surface area contributed by atoms with Gasteiger partial charge in [0.05, 0.1) is 6.61 Å². The van der Waals surface area contributed by atoms with E-state index in [0.29, 0.717) is 6.04 Å². The summed E-state index contributed by atoms with van der Waals surface area (Å²) < 4.78 is 5.66. The Bertz CT molecular complexity index is 130. The number of hydrogen-bond acceptors (Lipinski definition) is 2. The van der Waals surface area contributed by atoms with Crippen molar-refractivity contribution >= 4 is 0 Å². The average molecular weight is 199 g/mol. The number of nitrogens with one attached hydrogen (secondary N) is 1. The van der Waals surface area contributed by atoms with E-state index in [9.17, 15) is 0 Å². The lowest BCUT2D eigenvalue weighted by Gasteiger charge is -2.21. The van der Waals surface area contributed by atoms with Crippen molar-refractivity contribution in [2.75, 3.05) is 19.8 Å². The third-order valence-corrected chi connectivity index (χ3v) is 2.88. The molecule has 0 atom stereocenters. The molecule has 0 aromatic heterocycles. The van der Waals surface area contributed by atoms with Crippen molar-refractivity contribution in [3.8, 4) is 0 Å². The van der Waals surface area contributed by atoms with Crippen LogP contribution in [0.15, 0.2) is 0 Å². The van der Waals surface area contributed by atoms with E-state index in [1.165, 1.54) is 32.1 Å². The number of rotatable bonds is 6. The van der Waals surface area contributed by atoms with E-state index in [0.717, 1.165) is 25.7 Å². The fraction of sp³-hybridized carbons (Fsp3) is 1.00. The van der Waals surface area contributed by atoms with Crippen molar-refractivity contribution in [1.29, 1.82) is 0 Å². The number of hydrogen-bond donors (Lipinski definition) is 1. The maximum absolute atomic E-state index is 5.66. The van der Waals surface area contributed by atoms with Gasteiger partial charge < -0.3 is 10.1 Å². The molecule has 14 heavy (non-hydrogen) atoms. The molecule has 0 bridgehead atoms. The zero-order chi connectivity index (χ0) is 10.2. The molecule has 1 rings (SSSR count). The first kappa shape index (κ1) is 12.0. The van der Waals surface area contributed by atoms with Crippen LogP contribution >= 0.6 is 0 Å². The molecule has 0 aromatic carbocycles. The smallest absolute Gasteiger partial charge is 0.0591 e. The van der Waals surface area contributed by atoms with Crippen LogP contribution < -0.4 is 5.32 Å². The maximum Gasteiger partial charge on any atom is 0.0591 e. The van der Waals surface area contributed by atoms with Gasteiger partial charge in [-0.25, -0.2) is 0 Å². The molecule has 0 aliphatic heterocycles. The quantitative estimate of drug-likeness (QED) is 0.664. The molecule has 2 nitrogen and oxygen atoms in total. The molecule has 1 fully saturated rings. The largest absolute Gasteiger partial charge is 0.380 e. The minimum Gasteiger partial charge on any atom is -0.380 e. The van der Waals surface area contributed by atoms with Gasteiger partial charge in [-0.05, 0) is 18.8 Å². The third-order valence-electron chi connectivity index (χ3n) is 2.88. The molecular formula is C12H25NO. The first-order valence-corrected chi connectivity index (χ1v) is 6.10. The van der Waals surface area contributed by atoms with E-state index in [2.05, 4.69) is 19.2 Å². The van der Waals surface area contributed by atoms with Gasteiger partial charge in [0, 0.05) is 19.2 Å². The van der Waals surface area contributed by atoms with E-state index in [4.69, 9.17) is 4.74 Å². The molecule has 84 valence electrons. The summed E-state index contributed by atoms with van der Waals surface area (Å²) in [5.41, 5.74) is 0. The van der Waals surface area contributed by atoms with E-state index in [-0.39, 0.29) is 0 Å². The van der Waals surface area contributed by atoms with Crippen molar-refractivity contribution in [2.24, 2.45) is 5.92 Å². The summed E-state index contributed by atoms with van der Waals surface area (Å²) in [5, 5.41) is 3.36. The average Bonchev–Trinajstić information content (AvgIpc) is 2.18. The van der Waals surface area contributed by atoms with Crippen LogP contribution in [0, 0.1) is 5.92 Å². The Morgan fingerprint density at radius 1 is 1.21 bits per heavy atom. The molecule has 1 N–H and O–H groups in total. The zero-order valence-corrected chi connectivity index (χ0v) is 9.72. The van der Waals surface area contributed by atoms with Crippen LogP contribution in [-0.2, 0) is 4.74 Å². The van der Waals surface area contributed by atoms with Gasteiger partial charge in [-0.3, -0.25) is 0 Å². The van der Waals surface area contributed by atoms with Crippen molar-refractivity contribution < 1.29 is 4.74 Å². The molecule has 0 heterocycles. The lowest BCUT2D eigenvalue weighted by Crippen LogP contribution is -2.27. The summed E-state index contributed by atoms with van der Waals surface area (Å²) in [7, 11) is 0. The fourth-order valence-corrected chi connectivity index (χ4v) is 2.02. The minimum absolute atomic E-state index is 0.577. The normalized spacial score (nSPS) is 19.1. The van der Waals surface area contributed by atoms with Crippen LogP contribution in [0.2, 0.25) is 0 Å². The van der Waals surface area contributed by atoms with E-state index in [1.807, 2.05) is 0 Å². The SMILES string of the molecule is CC(C)NCCOCC1CCCCC1. The Labute approximate surface area is 88.4 Å². The fourth-order valence-electron chi connectivity index (χ4n) is 2.02. The van der Waals surface area contributed by atoms with Gasteiger partial charge in [-0.2, -0.15) is 0 Å². The predicted octanol–water partition coefficient (Wildman–Crippen LogP) is 2.58. The standard InChI is InChI=1S/C12H25NO/c1-11(2)13-8-9-14-10-12-6-4-3-5-7-12/h11-13H,3-10H2,1-2H3. The first-order valence-electron chi connectivity index (χ1n) is 6.10. The van der Waals surface area contributed by atoms with Crippen molar-refractivity contribution in [1.82, 2.24) is 5.32 Å². The Morgan fingerprint density at radius 3 is 2.57 bits per heavy atom. The maximum atomic E-state index is 5.66. The van der Waals surface area contributed by atoms with Crippen LogP contribution in [0.5, 0.6) is 0 Å². The van der Waals surface area contributed by atoms with Crippen LogP contribution in [0.25, 0.3) is 0 Å². The summed E-state index contributed by atoms with van der Waals surface area (Å²) in [6, 6.07) is 0.577. The minimum atomic E-state index is 0.577. The molecule has 0 radical (unpaired) electrons. The van der Waals surface area contributed by atoms with Gasteiger partial charge in [0.2, 0.25) is 0 Å². The molecule has 0 unspecified atom stereocenters. The molecule has 0 spiro atoms. The third kappa shape index (κ3) is 5.61. The molecule has 0 saturated heterocycles. The van der Waals surface area contributed by atoms with Crippen molar-refractivity contribution in [3.05, 3.63) is 0 Å². The van der Waals surface area contributed by atoms with Crippen LogP contribution in [-0.4, -0.2) is 25.8 Å². The second kappa shape index (κ2) is 7.24. The molecule has 1 aliphatic carbocycles. The lowest BCUT2D eigenvalue weighted by atomic mass is 9.90. The second-order valence-corrected chi connectivity index (χ2v) is 4.69. The monoisotopic (exact) mass is 199 g/mol. The van der Waals surface area contributed by atoms with Crippen molar-refractivity contribution in [2.45, 2.75) is 52.0 Å². The van der Waals surface area contributed by atoms with Gasteiger partial charge >= 0.3 is 0 Å². The van der Waals surface area contributed by atoms with Gasteiger partial charge in [0.25, 0.3) is 0 Å². The second-order valence-electron chi connectivity index (χ2n) is 4.69. The highest BCUT2D eigenvalue weighted by Gasteiger charge is 2.12. The first-order chi connectivity index (χ1) is 6.79. The number of ether oxygens (including phenoxy) is 1. The summed E-state index contributed by atoms with van der Waals surface area (Å²) in [4.78, 5) is 0. The van der Waals surface area contributed by atoms with Gasteiger partial charge in [-0.15, -0.1) is 0 Å². The van der Waals surface area contributed by atoms with E-state index >= 15 is 0 Å². The topological polar surface area (TPSA) is 21.3 Å².